The highest BCUT2D eigenvalue weighted by Gasteiger charge is 2.28. The Balaban J connectivity index is 1.38. The molecule has 11 heteroatoms. The van der Waals surface area contributed by atoms with Crippen LogP contribution in [0.4, 0.5) is 15.9 Å². The molecule has 5 rings (SSSR count). The van der Waals surface area contributed by atoms with Crippen molar-refractivity contribution in [1.29, 1.82) is 0 Å². The lowest BCUT2D eigenvalue weighted by atomic mass is 10.0. The summed E-state index contributed by atoms with van der Waals surface area (Å²) in [7, 11) is 2.11. The van der Waals surface area contributed by atoms with Crippen LogP contribution in [0, 0.1) is 5.82 Å². The van der Waals surface area contributed by atoms with Crippen LogP contribution < -0.4 is 16.0 Å². The third-order valence-corrected chi connectivity index (χ3v) is 8.33. The fourth-order valence-corrected chi connectivity index (χ4v) is 5.94. The number of rotatable bonds is 9. The van der Waals surface area contributed by atoms with Gasteiger partial charge in [0.15, 0.2) is 17.9 Å². The van der Waals surface area contributed by atoms with Crippen LogP contribution in [-0.2, 0) is 4.79 Å². The van der Waals surface area contributed by atoms with E-state index >= 15 is 4.39 Å². The number of aromatic amines is 1. The Labute approximate surface area is 238 Å². The summed E-state index contributed by atoms with van der Waals surface area (Å²) in [4.78, 5) is 31.2. The van der Waals surface area contributed by atoms with Crippen LogP contribution in [0.15, 0.2) is 58.3 Å². The Morgan fingerprint density at radius 3 is 2.77 bits per heavy atom. The number of piperazine rings is 1. The number of fused-ring (bicyclic) bond motifs is 1. The third kappa shape index (κ3) is 5.86. The van der Waals surface area contributed by atoms with E-state index in [1.807, 2.05) is 45.3 Å². The van der Waals surface area contributed by atoms with Gasteiger partial charge in [-0.15, -0.1) is 11.8 Å². The van der Waals surface area contributed by atoms with Crippen molar-refractivity contribution in [1.82, 2.24) is 25.1 Å². The zero-order valence-corrected chi connectivity index (χ0v) is 24.2. The van der Waals surface area contributed by atoms with Crippen LogP contribution in [0.2, 0.25) is 0 Å². The van der Waals surface area contributed by atoms with Crippen LogP contribution in [0.5, 0.6) is 0 Å². The number of carbonyl (C=O) groups is 1. The second kappa shape index (κ2) is 12.4. The van der Waals surface area contributed by atoms with E-state index in [9.17, 15) is 4.79 Å². The Bertz CT molecular complexity index is 1430. The number of H-pyrrole nitrogens is 1. The maximum Gasteiger partial charge on any atom is 0.242 e. The Morgan fingerprint density at radius 1 is 1.23 bits per heavy atom. The Kier molecular flexibility index (Phi) is 8.72. The van der Waals surface area contributed by atoms with E-state index in [2.05, 4.69) is 42.8 Å². The Hall–Kier alpha value is -3.41. The number of pyridine rings is 1. The molecule has 2 aromatic heterocycles. The zero-order valence-electron chi connectivity index (χ0n) is 23.4. The number of benzene rings is 1. The van der Waals surface area contributed by atoms with E-state index < -0.39 is 6.29 Å². The summed E-state index contributed by atoms with van der Waals surface area (Å²) >= 11 is 1.47. The van der Waals surface area contributed by atoms with Gasteiger partial charge in [-0.2, -0.15) is 0 Å². The highest BCUT2D eigenvalue weighted by atomic mass is 32.2. The number of likely N-dealkylation sites (N-methyl/N-ethyl adjacent to an activating group) is 1. The van der Waals surface area contributed by atoms with Crippen LogP contribution in [0.1, 0.15) is 32.8 Å². The van der Waals surface area contributed by atoms with E-state index in [0.29, 0.717) is 16.4 Å². The molecule has 1 amide bonds. The van der Waals surface area contributed by atoms with Gasteiger partial charge in [0.1, 0.15) is 0 Å². The van der Waals surface area contributed by atoms with Crippen LogP contribution >= 0.6 is 11.8 Å². The number of nitrogens with zero attached hydrogens (tertiary/aromatic N) is 4. The van der Waals surface area contributed by atoms with Crippen molar-refractivity contribution in [2.24, 2.45) is 4.99 Å². The SMILES string of the molecule is CCSc1cccc(NC2N=C(c3c[nH]c4c(NC(=O)C(CC)N5CCN(C)CC5)nccc34)C(C)=CN2)c1F. The molecule has 4 N–H and O–H groups in total. The van der Waals surface area contributed by atoms with E-state index in [0.717, 1.165) is 66.1 Å². The molecule has 1 fully saturated rings. The first-order valence-corrected chi connectivity index (χ1v) is 14.8. The molecular formula is C29H37FN8OS. The molecule has 1 aromatic carbocycles. The standard InChI is InChI=1S/C29H37FN8OS/c1-5-22(38-14-12-37(4)13-15-38)28(39)36-27-26-19(10-11-31-27)20(17-32-26)25-18(3)16-33-29(35-25)34-21-8-7-9-23(24(21)30)40-6-2/h7-11,16-17,22,29,32-34H,5-6,12-15H2,1-4H3,(H,31,36,39). The lowest BCUT2D eigenvalue weighted by Gasteiger charge is -2.36. The average molecular weight is 565 g/mol. The zero-order chi connectivity index (χ0) is 28.2. The number of hydrogen-bond donors (Lipinski definition) is 4. The van der Waals surface area contributed by atoms with Gasteiger partial charge in [0.05, 0.1) is 23.0 Å². The normalized spacial score (nSPS) is 19.1. The molecule has 2 atom stereocenters. The van der Waals surface area contributed by atoms with Crippen LogP contribution in [-0.4, -0.2) is 82.7 Å². The quantitative estimate of drug-likeness (QED) is 0.285. The molecule has 0 saturated carbocycles. The fraction of sp³-hybridized carbons (Fsp3) is 0.414. The lowest BCUT2D eigenvalue weighted by molar-refractivity contribution is -0.122. The molecule has 2 aliphatic heterocycles. The first-order chi connectivity index (χ1) is 19.4. The Morgan fingerprint density at radius 2 is 2.02 bits per heavy atom. The molecule has 4 heterocycles. The number of halogens is 1. The lowest BCUT2D eigenvalue weighted by Crippen LogP contribution is -2.52. The summed E-state index contributed by atoms with van der Waals surface area (Å²) in [5, 5.41) is 10.4. The molecule has 1 saturated heterocycles. The number of allylic oxidation sites excluding steroid dienone is 1. The van der Waals surface area contributed by atoms with Crippen molar-refractivity contribution in [2.45, 2.75) is 44.4 Å². The van der Waals surface area contributed by atoms with E-state index in [-0.39, 0.29) is 17.8 Å². The van der Waals surface area contributed by atoms with Crippen molar-refractivity contribution in [3.63, 3.8) is 0 Å². The molecule has 40 heavy (non-hydrogen) atoms. The molecule has 9 nitrogen and oxygen atoms in total. The minimum absolute atomic E-state index is 0.0479. The number of thioether (sulfide) groups is 1. The number of amides is 1. The van der Waals surface area contributed by atoms with Crippen molar-refractivity contribution in [3.05, 3.63) is 59.8 Å². The van der Waals surface area contributed by atoms with Crippen LogP contribution in [0.25, 0.3) is 10.9 Å². The van der Waals surface area contributed by atoms with Crippen molar-refractivity contribution in [3.8, 4) is 0 Å². The number of hydrogen-bond acceptors (Lipinski definition) is 8. The molecule has 0 spiro atoms. The summed E-state index contributed by atoms with van der Waals surface area (Å²) in [6.07, 6.45) is 5.65. The molecule has 2 aliphatic rings. The largest absolute Gasteiger partial charge is 0.357 e. The number of anilines is 2. The number of aliphatic imine (C=N–C) groups is 1. The number of carbonyl (C=O) groups excluding carboxylic acids is 1. The van der Waals surface area contributed by atoms with Gasteiger partial charge in [0.25, 0.3) is 0 Å². The summed E-state index contributed by atoms with van der Waals surface area (Å²) in [6.45, 7) is 9.66. The second-order valence-corrected chi connectivity index (χ2v) is 11.4. The molecule has 0 bridgehead atoms. The molecule has 0 aliphatic carbocycles. The van der Waals surface area contributed by atoms with Crippen molar-refractivity contribution < 1.29 is 9.18 Å². The van der Waals surface area contributed by atoms with Gasteiger partial charge in [0.2, 0.25) is 5.91 Å². The summed E-state index contributed by atoms with van der Waals surface area (Å²) < 4.78 is 15.0. The fourth-order valence-electron chi connectivity index (χ4n) is 5.22. The van der Waals surface area contributed by atoms with E-state index in [1.54, 1.807) is 18.3 Å². The van der Waals surface area contributed by atoms with Crippen molar-refractivity contribution >= 4 is 45.8 Å². The molecule has 2 unspecified atom stereocenters. The van der Waals surface area contributed by atoms with Gasteiger partial charge in [0, 0.05) is 60.6 Å². The smallest absolute Gasteiger partial charge is 0.242 e. The van der Waals surface area contributed by atoms with Gasteiger partial charge < -0.3 is 25.8 Å². The van der Waals surface area contributed by atoms with Gasteiger partial charge in [-0.1, -0.05) is 19.9 Å². The highest BCUT2D eigenvalue weighted by Crippen LogP contribution is 2.29. The topological polar surface area (TPSA) is 101 Å². The summed E-state index contributed by atoms with van der Waals surface area (Å²) in [5.41, 5.74) is 3.74. The van der Waals surface area contributed by atoms with Gasteiger partial charge in [-0.05, 0) is 49.9 Å². The van der Waals surface area contributed by atoms with E-state index in [4.69, 9.17) is 4.99 Å². The highest BCUT2D eigenvalue weighted by molar-refractivity contribution is 7.99. The molecule has 0 radical (unpaired) electrons. The third-order valence-electron chi connectivity index (χ3n) is 7.41. The summed E-state index contributed by atoms with van der Waals surface area (Å²) in [6, 6.07) is 7.05. The predicted octanol–water partition coefficient (Wildman–Crippen LogP) is 4.47. The number of aromatic nitrogens is 2. The van der Waals surface area contributed by atoms with Gasteiger partial charge in [-0.25, -0.2) is 14.4 Å². The molecule has 212 valence electrons. The maximum absolute atomic E-state index is 15.0. The molecule has 3 aromatic rings. The molecular weight excluding hydrogens is 527 g/mol. The van der Waals surface area contributed by atoms with E-state index in [1.165, 1.54) is 11.8 Å². The first kappa shape index (κ1) is 28.1. The minimum atomic E-state index is -0.546. The minimum Gasteiger partial charge on any atom is -0.357 e. The van der Waals surface area contributed by atoms with Crippen LogP contribution in [0.3, 0.4) is 0 Å². The second-order valence-electron chi connectivity index (χ2n) is 10.1. The summed E-state index contributed by atoms with van der Waals surface area (Å²) in [5.74, 6) is 0.964. The maximum atomic E-state index is 15.0. The first-order valence-electron chi connectivity index (χ1n) is 13.8. The van der Waals surface area contributed by atoms with Gasteiger partial charge >= 0.3 is 0 Å². The number of nitrogens with one attached hydrogen (secondary N) is 4. The predicted molar refractivity (Wildman–Crippen MR) is 162 cm³/mol. The average Bonchev–Trinajstić information content (AvgIpc) is 3.38. The monoisotopic (exact) mass is 564 g/mol. The van der Waals surface area contributed by atoms with Gasteiger partial charge in [-0.3, -0.25) is 9.69 Å². The van der Waals surface area contributed by atoms with Crippen molar-refractivity contribution in [2.75, 3.05) is 49.6 Å².